The number of esters is 2. The highest BCUT2D eigenvalue weighted by Crippen LogP contribution is 2.27. The summed E-state index contributed by atoms with van der Waals surface area (Å²) in [4.78, 5) is 23.7. The lowest BCUT2D eigenvalue weighted by Crippen LogP contribution is -2.35. The first kappa shape index (κ1) is 16.4. The van der Waals surface area contributed by atoms with Crippen molar-refractivity contribution in [3.05, 3.63) is 25.3 Å². The number of carbonyl (C=O) groups is 2. The predicted octanol–water partition coefficient (Wildman–Crippen LogP) is 2.35. The largest absolute Gasteiger partial charge is 0.469 e. The van der Waals surface area contributed by atoms with Crippen molar-refractivity contribution in [3.63, 3.8) is 0 Å². The van der Waals surface area contributed by atoms with E-state index in [1.807, 2.05) is 13.8 Å². The van der Waals surface area contributed by atoms with E-state index in [0.717, 1.165) is 0 Å². The molecule has 0 N–H and O–H groups in total. The molecule has 0 aromatic rings. The van der Waals surface area contributed by atoms with E-state index >= 15 is 0 Å². The molecule has 4 nitrogen and oxygen atoms in total. The van der Waals surface area contributed by atoms with Crippen molar-refractivity contribution in [3.8, 4) is 0 Å². The first-order valence-corrected chi connectivity index (χ1v) is 5.95. The fourth-order valence-electron chi connectivity index (χ4n) is 1.86. The van der Waals surface area contributed by atoms with Crippen LogP contribution in [0.2, 0.25) is 0 Å². The lowest BCUT2D eigenvalue weighted by molar-refractivity contribution is -0.160. The van der Waals surface area contributed by atoms with Gasteiger partial charge < -0.3 is 9.47 Å². The molecule has 0 aliphatic rings. The van der Waals surface area contributed by atoms with Gasteiger partial charge in [-0.3, -0.25) is 9.59 Å². The molecule has 0 fully saturated rings. The summed E-state index contributed by atoms with van der Waals surface area (Å²) in [5.74, 6) is -1.92. The summed E-state index contributed by atoms with van der Waals surface area (Å²) in [7, 11) is 1.31. The summed E-state index contributed by atoms with van der Waals surface area (Å²) in [6.07, 6.45) is 3.49. The first-order valence-electron chi connectivity index (χ1n) is 5.95. The number of carbonyl (C=O) groups excluding carboxylic acids is 2. The van der Waals surface area contributed by atoms with Crippen molar-refractivity contribution in [2.75, 3.05) is 13.7 Å². The highest BCUT2D eigenvalue weighted by molar-refractivity contribution is 5.82. The third-order valence-electron chi connectivity index (χ3n) is 2.69. The second-order valence-electron chi connectivity index (χ2n) is 4.34. The van der Waals surface area contributed by atoms with Crippen molar-refractivity contribution >= 4 is 11.9 Å². The van der Waals surface area contributed by atoms with Gasteiger partial charge in [0.05, 0.1) is 18.9 Å². The molecule has 0 aliphatic heterocycles. The monoisotopic (exact) mass is 254 g/mol. The topological polar surface area (TPSA) is 52.6 Å². The number of rotatable bonds is 8. The zero-order chi connectivity index (χ0) is 14.1. The molecule has 2 atom stereocenters. The maximum Gasteiger partial charge on any atom is 0.310 e. The Hall–Kier alpha value is -1.58. The Kier molecular flexibility index (Phi) is 7.76. The van der Waals surface area contributed by atoms with Crippen LogP contribution in [0.15, 0.2) is 25.3 Å². The van der Waals surface area contributed by atoms with Crippen LogP contribution in [0, 0.1) is 17.8 Å². The minimum absolute atomic E-state index is 0.0219. The number of ether oxygens (including phenoxy) is 2. The molecule has 0 rings (SSSR count). The van der Waals surface area contributed by atoms with Gasteiger partial charge in [-0.25, -0.2) is 0 Å². The molecule has 18 heavy (non-hydrogen) atoms. The van der Waals surface area contributed by atoms with Crippen molar-refractivity contribution in [2.45, 2.75) is 20.3 Å². The van der Waals surface area contributed by atoms with Crippen LogP contribution < -0.4 is 0 Å². The quantitative estimate of drug-likeness (QED) is 0.493. The van der Waals surface area contributed by atoms with Crippen LogP contribution in [-0.2, 0) is 19.1 Å². The minimum atomic E-state index is -0.551. The molecular weight excluding hydrogens is 232 g/mol. The Morgan fingerprint density at radius 1 is 1.17 bits per heavy atom. The van der Waals surface area contributed by atoms with Gasteiger partial charge in [0.1, 0.15) is 6.61 Å². The van der Waals surface area contributed by atoms with Crippen molar-refractivity contribution in [1.29, 1.82) is 0 Å². The molecule has 0 heterocycles. The summed E-state index contributed by atoms with van der Waals surface area (Å²) in [5.41, 5.74) is 0. The molecule has 0 aromatic carbocycles. The summed E-state index contributed by atoms with van der Waals surface area (Å²) in [6, 6.07) is 0. The molecule has 0 spiro atoms. The van der Waals surface area contributed by atoms with Gasteiger partial charge in [0.2, 0.25) is 0 Å². The molecule has 2 unspecified atom stereocenters. The van der Waals surface area contributed by atoms with Crippen LogP contribution in [-0.4, -0.2) is 25.7 Å². The second-order valence-corrected chi connectivity index (χ2v) is 4.34. The molecule has 102 valence electrons. The Morgan fingerprint density at radius 3 is 2.17 bits per heavy atom. The molecule has 0 bridgehead atoms. The van der Waals surface area contributed by atoms with E-state index < -0.39 is 23.8 Å². The Balaban J connectivity index is 5.01. The van der Waals surface area contributed by atoms with Gasteiger partial charge in [-0.2, -0.15) is 0 Å². The van der Waals surface area contributed by atoms with Crippen LogP contribution in [0.3, 0.4) is 0 Å². The highest BCUT2D eigenvalue weighted by Gasteiger charge is 2.36. The molecule has 0 aromatic heterocycles. The van der Waals surface area contributed by atoms with Crippen LogP contribution in [0.4, 0.5) is 0 Å². The Morgan fingerprint density at radius 2 is 1.78 bits per heavy atom. The van der Waals surface area contributed by atoms with Gasteiger partial charge in [0.25, 0.3) is 0 Å². The number of methoxy groups -OCH3 is 1. The van der Waals surface area contributed by atoms with E-state index in [9.17, 15) is 9.59 Å². The van der Waals surface area contributed by atoms with Gasteiger partial charge in [0, 0.05) is 0 Å². The maximum atomic E-state index is 12.0. The molecule has 0 amide bonds. The van der Waals surface area contributed by atoms with Crippen LogP contribution >= 0.6 is 0 Å². The molecule has 0 aliphatic carbocycles. The summed E-state index contributed by atoms with van der Waals surface area (Å²) in [6.45, 7) is 11.0. The lowest BCUT2D eigenvalue weighted by atomic mass is 9.81. The fourth-order valence-corrected chi connectivity index (χ4v) is 1.86. The third kappa shape index (κ3) is 4.73. The highest BCUT2D eigenvalue weighted by atomic mass is 16.5. The Labute approximate surface area is 109 Å². The van der Waals surface area contributed by atoms with Crippen LogP contribution in [0.1, 0.15) is 20.3 Å². The van der Waals surface area contributed by atoms with Crippen molar-refractivity contribution in [1.82, 2.24) is 0 Å². The van der Waals surface area contributed by atoms with Crippen LogP contribution in [0.25, 0.3) is 0 Å². The van der Waals surface area contributed by atoms with E-state index in [1.165, 1.54) is 13.2 Å². The lowest BCUT2D eigenvalue weighted by Gasteiger charge is -2.25. The zero-order valence-corrected chi connectivity index (χ0v) is 11.3. The van der Waals surface area contributed by atoms with Crippen molar-refractivity contribution in [2.24, 2.45) is 17.8 Å². The number of hydrogen-bond acceptors (Lipinski definition) is 4. The van der Waals surface area contributed by atoms with Gasteiger partial charge in [-0.05, 0) is 12.3 Å². The standard InChI is InChI=1S/C14H22O4/c1-6-8-11(13(15)17-5)12(10(3)4)14(16)18-9-7-2/h6-7,10-12H,1-2,8-9H2,3-5H3. The van der Waals surface area contributed by atoms with E-state index in [-0.39, 0.29) is 12.5 Å². The van der Waals surface area contributed by atoms with Crippen LogP contribution in [0.5, 0.6) is 0 Å². The Bertz CT molecular complexity index is 307. The summed E-state index contributed by atoms with van der Waals surface area (Å²) < 4.78 is 9.77. The molecule has 0 radical (unpaired) electrons. The molecular formula is C14H22O4. The normalized spacial score (nSPS) is 13.6. The van der Waals surface area contributed by atoms with E-state index in [4.69, 9.17) is 9.47 Å². The molecule has 0 saturated carbocycles. The molecule has 4 heteroatoms. The number of allylic oxidation sites excluding steroid dienone is 1. The average Bonchev–Trinajstić information content (AvgIpc) is 2.34. The smallest absolute Gasteiger partial charge is 0.310 e. The SMILES string of the molecule is C=CCOC(=O)C(C(C)C)C(CC=C)C(=O)OC. The van der Waals surface area contributed by atoms with E-state index in [1.54, 1.807) is 6.08 Å². The van der Waals surface area contributed by atoms with Gasteiger partial charge in [0.15, 0.2) is 0 Å². The summed E-state index contributed by atoms with van der Waals surface area (Å²) in [5, 5.41) is 0. The van der Waals surface area contributed by atoms with E-state index in [2.05, 4.69) is 13.2 Å². The van der Waals surface area contributed by atoms with Crippen molar-refractivity contribution < 1.29 is 19.1 Å². The molecule has 0 saturated heterocycles. The zero-order valence-electron chi connectivity index (χ0n) is 11.3. The maximum absolute atomic E-state index is 12.0. The predicted molar refractivity (Wildman–Crippen MR) is 69.8 cm³/mol. The van der Waals surface area contributed by atoms with Gasteiger partial charge in [-0.15, -0.1) is 6.58 Å². The van der Waals surface area contributed by atoms with E-state index in [0.29, 0.717) is 6.42 Å². The fraction of sp³-hybridized carbons (Fsp3) is 0.571. The first-order chi connectivity index (χ1) is 8.49. The third-order valence-corrected chi connectivity index (χ3v) is 2.69. The second kappa shape index (κ2) is 8.50. The minimum Gasteiger partial charge on any atom is -0.469 e. The number of hydrogen-bond donors (Lipinski definition) is 0. The summed E-state index contributed by atoms with van der Waals surface area (Å²) >= 11 is 0. The van der Waals surface area contributed by atoms with Gasteiger partial charge in [-0.1, -0.05) is 32.6 Å². The average molecular weight is 254 g/mol. The van der Waals surface area contributed by atoms with Gasteiger partial charge >= 0.3 is 11.9 Å².